The number of nitrogens with two attached hydrogens (primary N) is 2. The minimum atomic E-state index is -0.680. The molecule has 12 aromatic heterocycles. The monoisotopic (exact) mass is 1310 g/mol. The molecule has 0 spiro atoms. The molecule has 3 unspecified atom stereocenters. The Hall–Kier alpha value is -11.6. The second-order valence-electron chi connectivity index (χ2n) is 23.9. The summed E-state index contributed by atoms with van der Waals surface area (Å²) >= 11 is 5.73. The molecule has 0 aliphatic carbocycles. The second kappa shape index (κ2) is 25.5. The Morgan fingerprint density at radius 3 is 1.33 bits per heavy atom. The molecule has 6 N–H and O–H groups in total. The van der Waals surface area contributed by atoms with E-state index in [1.165, 1.54) is 76.3 Å². The number of fused-ring (bicyclic) bond motifs is 6. The van der Waals surface area contributed by atoms with Crippen LogP contribution in [-0.2, 0) is 0 Å². The third-order valence-electron chi connectivity index (χ3n) is 15.2. The van der Waals surface area contributed by atoms with Gasteiger partial charge in [-0.05, 0) is 96.1 Å². The highest BCUT2D eigenvalue weighted by Crippen LogP contribution is 2.43. The van der Waals surface area contributed by atoms with E-state index < -0.39 is 38.4 Å². The highest BCUT2D eigenvalue weighted by Gasteiger charge is 2.38. The molecule has 95 heavy (non-hydrogen) atoms. The highest BCUT2D eigenvalue weighted by molar-refractivity contribution is 6.31. The van der Waals surface area contributed by atoms with E-state index in [0.717, 1.165) is 35.5 Å². The van der Waals surface area contributed by atoms with Crippen molar-refractivity contribution in [3.8, 4) is 52.2 Å². The molecule has 12 aromatic rings. The summed E-state index contributed by atoms with van der Waals surface area (Å²) in [5, 5.41) is 28.6. The fourth-order valence-corrected chi connectivity index (χ4v) is 11.1. The zero-order chi connectivity index (χ0) is 67.1. The van der Waals surface area contributed by atoms with Crippen LogP contribution in [0.2, 0.25) is 5.15 Å². The Morgan fingerprint density at radius 1 is 0.505 bits per heavy atom. The Kier molecular flexibility index (Phi) is 17.0. The quantitative estimate of drug-likeness (QED) is 0.0592. The van der Waals surface area contributed by atoms with E-state index in [1.807, 2.05) is 71.9 Å². The van der Waals surface area contributed by atoms with Gasteiger partial charge in [-0.15, -0.1) is 0 Å². The smallest absolute Gasteiger partial charge is 0.329 e. The van der Waals surface area contributed by atoms with Crippen LogP contribution in [-0.4, -0.2) is 99.7 Å². The molecule has 0 radical (unpaired) electrons. The Morgan fingerprint density at radius 2 is 0.884 bits per heavy atom. The van der Waals surface area contributed by atoms with Crippen LogP contribution in [0.1, 0.15) is 95.6 Å². The molecule has 0 bridgehead atoms. The number of nitrogens with one attached hydrogen (secondary N) is 2. The molecule has 0 fully saturated rings. The van der Waals surface area contributed by atoms with Crippen LogP contribution in [0.25, 0.3) is 51.5 Å². The van der Waals surface area contributed by atoms with Crippen LogP contribution in [0.15, 0.2) is 147 Å². The first-order chi connectivity index (χ1) is 45.3. The van der Waals surface area contributed by atoms with Crippen LogP contribution < -0.4 is 36.3 Å². The van der Waals surface area contributed by atoms with Gasteiger partial charge in [0, 0.05) is 79.2 Å². The number of pyridine rings is 6. The highest BCUT2D eigenvalue weighted by atomic mass is 35.5. The van der Waals surface area contributed by atoms with E-state index >= 15 is 0 Å². The maximum absolute atomic E-state index is 13.8. The van der Waals surface area contributed by atoms with Gasteiger partial charge in [0.1, 0.15) is 80.7 Å². The van der Waals surface area contributed by atoms with Gasteiger partial charge < -0.3 is 36.3 Å². The van der Waals surface area contributed by atoms with Crippen molar-refractivity contribution in [2.75, 3.05) is 16.4 Å². The lowest BCUT2D eigenvalue weighted by Gasteiger charge is -2.37. The van der Waals surface area contributed by atoms with Crippen molar-refractivity contribution in [1.29, 1.82) is 0 Å². The van der Waals surface area contributed by atoms with Crippen LogP contribution in [0.5, 0.6) is 17.6 Å². The largest absolute Gasteiger partial charge is 0.471 e. The average molecular weight is 1310 g/mol. The number of imidazole rings is 3. The topological polar surface area (TPSA) is 358 Å². The molecular weight excluding hydrogens is 1260 g/mol. The molecular formula is C63H57ClF3N21O7. The van der Waals surface area contributed by atoms with E-state index in [0.29, 0.717) is 81.8 Å². The number of anilines is 3. The van der Waals surface area contributed by atoms with Crippen molar-refractivity contribution in [3.05, 3.63) is 207 Å². The molecule has 3 aliphatic heterocycles. The first-order valence-corrected chi connectivity index (χ1v) is 29.6. The van der Waals surface area contributed by atoms with Crippen molar-refractivity contribution in [1.82, 2.24) is 73.0 Å². The SMILES string of the molecule is CC1(C)CC(N)c2cccnc2O1.CC1(C)CC(Nc2nc(-c3cnc4ccc(F)cn34)ncc2N)c2cccnc2O1.CC1(C)CC(Nc2nc(-c3cnc4ccc(F)cn34)ncc2[N+](=O)[O-])c2cccnc2O1.O=[N+]([O-])c1cnc(-c2cnc3ccc(F)cn23)nc1Cl. The van der Waals surface area contributed by atoms with Gasteiger partial charge in [-0.3, -0.25) is 33.4 Å². The van der Waals surface area contributed by atoms with Gasteiger partial charge in [0.2, 0.25) is 28.6 Å². The molecule has 0 aromatic carbocycles. The van der Waals surface area contributed by atoms with Crippen LogP contribution in [0.3, 0.4) is 0 Å². The van der Waals surface area contributed by atoms with Crippen molar-refractivity contribution >= 4 is 57.2 Å². The first kappa shape index (κ1) is 63.5. The number of nitro groups is 2. The fourth-order valence-electron chi connectivity index (χ4n) is 10.9. The standard InChI is InChI=1S/C21H18FN7O3.C21H20FN7O.C11H5ClFN5O2.C10H14N2O/c1-21(2)8-14(13-4-3-7-23-20(13)32-21)26-19-16(29(30)31)10-25-18(27-19)15-9-24-17-6-5-12(22)11-28(15)17;1-21(2)8-15(13-4-3-7-24-20(13)30-21)27-18-14(23)9-26-19(28-18)16-10-25-17-6-5-12(22)11-29(16)17;12-10-7(18(19)20)3-15-11(16-10)8-4-14-9-2-1-6(13)5-17(8)9;1-10(2)6-8(11)7-4-3-5-12-9(7)13-10/h3-7,9-11,14H,8H2,1-2H3,(H,25,26,27);3-7,9-11,15H,8,23H2,1-2H3,(H,26,27,28);1-5H;3-5,8H,6,11H2,1-2H3. The van der Waals surface area contributed by atoms with Gasteiger partial charge >= 0.3 is 11.4 Å². The van der Waals surface area contributed by atoms with E-state index in [1.54, 1.807) is 41.3 Å². The number of ether oxygens (including phenoxy) is 3. The Bertz CT molecular complexity index is 4920. The summed E-state index contributed by atoms with van der Waals surface area (Å²) in [5.41, 5.74) is 16.5. The first-order valence-electron chi connectivity index (χ1n) is 29.2. The third kappa shape index (κ3) is 13.8. The number of hydrogen-bond acceptors (Lipinski definition) is 23. The van der Waals surface area contributed by atoms with E-state index in [4.69, 9.17) is 37.3 Å². The fraction of sp³-hybridized carbons (Fsp3) is 0.238. The van der Waals surface area contributed by atoms with Gasteiger partial charge in [-0.2, -0.15) is 0 Å². The molecule has 32 heteroatoms. The van der Waals surface area contributed by atoms with Crippen molar-refractivity contribution in [3.63, 3.8) is 0 Å². The zero-order valence-electron chi connectivity index (χ0n) is 51.3. The molecule has 3 aliphatic rings. The number of nitrogens with zero attached hydrogens (tertiary/aromatic N) is 17. The second-order valence-corrected chi connectivity index (χ2v) is 24.2. The lowest BCUT2D eigenvalue weighted by Crippen LogP contribution is -2.37. The van der Waals surface area contributed by atoms with Gasteiger partial charge in [0.15, 0.2) is 23.3 Å². The molecule has 28 nitrogen and oxygen atoms in total. The van der Waals surface area contributed by atoms with Gasteiger partial charge in [0.25, 0.3) is 0 Å². The van der Waals surface area contributed by atoms with E-state index in [2.05, 4.69) is 70.4 Å². The number of rotatable bonds is 9. The summed E-state index contributed by atoms with van der Waals surface area (Å²) in [4.78, 5) is 71.7. The summed E-state index contributed by atoms with van der Waals surface area (Å²) in [6, 6.07) is 19.5. The van der Waals surface area contributed by atoms with Crippen molar-refractivity contribution < 1.29 is 37.2 Å². The van der Waals surface area contributed by atoms with Gasteiger partial charge in [0.05, 0.1) is 52.4 Å². The van der Waals surface area contributed by atoms with Crippen molar-refractivity contribution in [2.24, 2.45) is 5.73 Å². The number of aromatic nitrogens is 15. The van der Waals surface area contributed by atoms with E-state index in [-0.39, 0.29) is 57.9 Å². The molecule has 0 amide bonds. The maximum atomic E-state index is 13.8. The third-order valence-corrected chi connectivity index (χ3v) is 15.5. The van der Waals surface area contributed by atoms with Crippen LogP contribution in [0, 0.1) is 37.7 Å². The number of hydrogen-bond donors (Lipinski definition) is 4. The minimum Gasteiger partial charge on any atom is -0.471 e. The summed E-state index contributed by atoms with van der Waals surface area (Å²) in [5.74, 6) is 1.69. The van der Waals surface area contributed by atoms with Gasteiger partial charge in [-0.25, -0.2) is 73.0 Å². The lowest BCUT2D eigenvalue weighted by molar-refractivity contribution is -0.385. The summed E-state index contributed by atoms with van der Waals surface area (Å²) < 4.78 is 62.9. The Balaban J connectivity index is 0.000000127. The van der Waals surface area contributed by atoms with Crippen LogP contribution in [0.4, 0.5) is 41.9 Å². The maximum Gasteiger partial charge on any atom is 0.329 e. The molecule has 484 valence electrons. The predicted octanol–water partition coefficient (Wildman–Crippen LogP) is 11.7. The molecule has 0 saturated heterocycles. The minimum absolute atomic E-state index is 0.0452. The van der Waals surface area contributed by atoms with Crippen molar-refractivity contribution in [2.45, 2.75) is 95.7 Å². The summed E-state index contributed by atoms with van der Waals surface area (Å²) in [6.07, 6.45) is 19.2. The molecule has 3 atom stereocenters. The summed E-state index contributed by atoms with van der Waals surface area (Å²) in [7, 11) is 0. The molecule has 15 heterocycles. The lowest BCUT2D eigenvalue weighted by atomic mass is 9.91. The normalized spacial score (nSPS) is 16.9. The zero-order valence-corrected chi connectivity index (χ0v) is 52.1. The van der Waals surface area contributed by atoms with E-state index in [9.17, 15) is 33.4 Å². The number of nitrogen functional groups attached to an aromatic ring is 1. The predicted molar refractivity (Wildman–Crippen MR) is 342 cm³/mol. The molecule has 15 rings (SSSR count). The Labute approximate surface area is 542 Å². The summed E-state index contributed by atoms with van der Waals surface area (Å²) in [6.45, 7) is 11.9. The van der Waals surface area contributed by atoms with Crippen LogP contribution >= 0.6 is 11.6 Å². The molecule has 0 saturated carbocycles. The van der Waals surface area contributed by atoms with Gasteiger partial charge in [-0.1, -0.05) is 29.8 Å². The number of halogens is 4. The average Bonchev–Trinajstić information content (AvgIpc) is 1.84.